The number of hydrogen-bond acceptors (Lipinski definition) is 6. The Morgan fingerprint density at radius 2 is 1.52 bits per heavy atom. The molecule has 3 N–H and O–H groups in total. The van der Waals surface area contributed by atoms with Crippen molar-refractivity contribution >= 4 is 51.1 Å². The fourth-order valence-corrected chi connectivity index (χ4v) is 1.87. The Kier molecular flexibility index (Phi) is 5.87. The first-order valence-corrected chi connectivity index (χ1v) is 6.81. The van der Waals surface area contributed by atoms with Gasteiger partial charge in [-0.15, -0.1) is 5.11 Å². The molecule has 0 unspecified atom stereocenters. The molecule has 0 fully saturated rings. The summed E-state index contributed by atoms with van der Waals surface area (Å²) in [5, 5.41) is 26.2. The van der Waals surface area contributed by atoms with Gasteiger partial charge in [-0.2, -0.15) is 13.5 Å². The predicted octanol–water partition coefficient (Wildman–Crippen LogP) is 2.11. The Bertz CT molecular complexity index is 760. The van der Waals surface area contributed by atoms with Crippen LogP contribution >= 0.6 is 0 Å². The number of rotatable bonds is 3. The van der Waals surface area contributed by atoms with E-state index in [2.05, 4.69) is 10.2 Å². The molecule has 7 nitrogen and oxygen atoms in total. The molecule has 2 aromatic rings. The molecule has 2 aromatic carbocycles. The van der Waals surface area contributed by atoms with Crippen LogP contribution in [-0.4, -0.2) is 52.7 Å². The zero-order valence-electron chi connectivity index (χ0n) is 10.0. The van der Waals surface area contributed by atoms with Crippen molar-refractivity contribution in [2.24, 2.45) is 10.2 Å². The summed E-state index contributed by atoms with van der Waals surface area (Å²) >= 11 is 0. The number of benzene rings is 2. The average Bonchev–Trinajstić information content (AvgIpc) is 2.37. The van der Waals surface area contributed by atoms with Gasteiger partial charge in [-0.05, 0) is 36.4 Å². The summed E-state index contributed by atoms with van der Waals surface area (Å²) in [5.74, 6) is -0.331. The zero-order chi connectivity index (χ0) is 14.8. The Morgan fingerprint density at radius 3 is 2.05 bits per heavy atom. The van der Waals surface area contributed by atoms with Gasteiger partial charge in [0.2, 0.25) is 0 Å². The van der Waals surface area contributed by atoms with Crippen LogP contribution in [0.15, 0.2) is 57.6 Å². The number of azo groups is 1. The number of phenols is 2. The van der Waals surface area contributed by atoms with Crippen LogP contribution in [0, 0.1) is 0 Å². The summed E-state index contributed by atoms with van der Waals surface area (Å²) in [6.07, 6.45) is 0. The van der Waals surface area contributed by atoms with Crippen molar-refractivity contribution in [3.05, 3.63) is 42.5 Å². The van der Waals surface area contributed by atoms with Crippen molar-refractivity contribution < 1.29 is 23.2 Å². The van der Waals surface area contributed by atoms with Crippen LogP contribution in [0.25, 0.3) is 0 Å². The normalized spacial score (nSPS) is 11.3. The number of nitrogens with zero attached hydrogens (tertiary/aromatic N) is 2. The third-order valence-electron chi connectivity index (χ3n) is 2.37. The van der Waals surface area contributed by atoms with Gasteiger partial charge in [0.15, 0.2) is 0 Å². The first kappa shape index (κ1) is 17.6. The van der Waals surface area contributed by atoms with E-state index < -0.39 is 10.1 Å². The van der Waals surface area contributed by atoms with Gasteiger partial charge in [-0.3, -0.25) is 4.55 Å². The predicted molar refractivity (Wildman–Crippen MR) is 77.4 cm³/mol. The van der Waals surface area contributed by atoms with E-state index in [0.717, 1.165) is 6.07 Å². The molecule has 0 aliphatic heterocycles. The number of aromatic hydroxyl groups is 2. The fraction of sp³-hybridized carbons (Fsp3) is 0. The van der Waals surface area contributed by atoms with Gasteiger partial charge in [-0.1, -0.05) is 0 Å². The third-order valence-corrected chi connectivity index (χ3v) is 3.23. The van der Waals surface area contributed by atoms with E-state index in [1.807, 2.05) is 0 Å². The van der Waals surface area contributed by atoms with Gasteiger partial charge < -0.3 is 10.2 Å². The molecule has 0 saturated carbocycles. The molecular formula is C12H11N2NaO5S. The monoisotopic (exact) mass is 318 g/mol. The SMILES string of the molecule is O=S(=O)(O)c1ccc(N=Nc2ccc(O)cc2O)cc1.[NaH]. The minimum atomic E-state index is -4.24. The van der Waals surface area contributed by atoms with Crippen LogP contribution in [-0.2, 0) is 10.1 Å². The van der Waals surface area contributed by atoms with Crippen molar-refractivity contribution in [1.29, 1.82) is 0 Å². The molecular weight excluding hydrogens is 307 g/mol. The molecule has 0 atom stereocenters. The second-order valence-corrected chi connectivity index (χ2v) is 5.26. The van der Waals surface area contributed by atoms with Crippen LogP contribution in [0.1, 0.15) is 0 Å². The van der Waals surface area contributed by atoms with Crippen LogP contribution in [0.4, 0.5) is 11.4 Å². The van der Waals surface area contributed by atoms with Crippen LogP contribution in [0.3, 0.4) is 0 Å². The molecule has 106 valence electrons. The van der Waals surface area contributed by atoms with Gasteiger partial charge in [0.05, 0.1) is 10.6 Å². The van der Waals surface area contributed by atoms with Gasteiger partial charge >= 0.3 is 29.6 Å². The van der Waals surface area contributed by atoms with Gasteiger partial charge in [-0.25, -0.2) is 0 Å². The molecule has 0 heterocycles. The van der Waals surface area contributed by atoms with Gasteiger partial charge in [0, 0.05) is 6.07 Å². The summed E-state index contributed by atoms with van der Waals surface area (Å²) in [5.41, 5.74) is 0.492. The first-order valence-electron chi connectivity index (χ1n) is 5.37. The topological polar surface area (TPSA) is 120 Å². The third kappa shape index (κ3) is 4.80. The molecule has 0 spiro atoms. The maximum absolute atomic E-state index is 10.8. The molecule has 0 aliphatic carbocycles. The fourth-order valence-electron chi connectivity index (χ4n) is 1.39. The quantitative estimate of drug-likeness (QED) is 0.455. The van der Waals surface area contributed by atoms with Crippen LogP contribution < -0.4 is 0 Å². The van der Waals surface area contributed by atoms with Gasteiger partial charge in [0.25, 0.3) is 10.1 Å². The minimum absolute atomic E-state index is 0. The Balaban J connectivity index is 0.00000220. The summed E-state index contributed by atoms with van der Waals surface area (Å²) in [6, 6.07) is 8.90. The first-order chi connectivity index (χ1) is 9.36. The standard InChI is InChI=1S/C12H10N2O5S.Na.H/c15-9-3-6-11(12(16)7-9)14-13-8-1-4-10(5-2-8)20(17,18)19;;/h1-7,15-16H,(H,17,18,19);;. The molecule has 9 heteroatoms. The Labute approximate surface area is 143 Å². The second kappa shape index (κ2) is 7.01. The molecule has 2 rings (SSSR count). The molecule has 0 saturated heterocycles. The van der Waals surface area contributed by atoms with Crippen molar-refractivity contribution in [2.45, 2.75) is 4.90 Å². The molecule has 0 aliphatic rings. The number of phenolic OH excluding ortho intramolecular Hbond substituents is 2. The molecule has 0 bridgehead atoms. The molecule has 21 heavy (non-hydrogen) atoms. The summed E-state index contributed by atoms with van der Waals surface area (Å²) in [7, 11) is -4.24. The molecule has 0 amide bonds. The summed E-state index contributed by atoms with van der Waals surface area (Å²) < 4.78 is 30.5. The van der Waals surface area contributed by atoms with Crippen molar-refractivity contribution in [2.75, 3.05) is 0 Å². The van der Waals surface area contributed by atoms with Crippen molar-refractivity contribution in [3.8, 4) is 11.5 Å². The van der Waals surface area contributed by atoms with Crippen LogP contribution in [0.5, 0.6) is 11.5 Å². The summed E-state index contributed by atoms with van der Waals surface area (Å²) in [6.45, 7) is 0. The van der Waals surface area contributed by atoms with E-state index in [-0.39, 0.29) is 51.6 Å². The molecule has 0 radical (unpaired) electrons. The van der Waals surface area contributed by atoms with Crippen molar-refractivity contribution in [3.63, 3.8) is 0 Å². The summed E-state index contributed by atoms with van der Waals surface area (Å²) in [4.78, 5) is -0.246. The zero-order valence-corrected chi connectivity index (χ0v) is 10.8. The molecule has 0 aromatic heterocycles. The van der Waals surface area contributed by atoms with E-state index in [0.29, 0.717) is 5.69 Å². The Hall–Kier alpha value is -1.45. The second-order valence-electron chi connectivity index (χ2n) is 3.84. The van der Waals surface area contributed by atoms with E-state index in [1.165, 1.54) is 36.4 Å². The van der Waals surface area contributed by atoms with E-state index >= 15 is 0 Å². The average molecular weight is 318 g/mol. The number of hydrogen-bond donors (Lipinski definition) is 3. The van der Waals surface area contributed by atoms with E-state index in [4.69, 9.17) is 9.66 Å². The van der Waals surface area contributed by atoms with Crippen LogP contribution in [0.2, 0.25) is 0 Å². The van der Waals surface area contributed by atoms with E-state index in [9.17, 15) is 13.5 Å². The van der Waals surface area contributed by atoms with E-state index in [1.54, 1.807) is 0 Å². The van der Waals surface area contributed by atoms with Crippen molar-refractivity contribution in [1.82, 2.24) is 0 Å². The Morgan fingerprint density at radius 1 is 0.905 bits per heavy atom. The van der Waals surface area contributed by atoms with Gasteiger partial charge in [0.1, 0.15) is 17.2 Å². The maximum atomic E-state index is 10.8.